The van der Waals surface area contributed by atoms with Gasteiger partial charge >= 0.3 is 5.97 Å². The second-order valence-corrected chi connectivity index (χ2v) is 5.13. The molecule has 2 N–H and O–H groups in total. The summed E-state index contributed by atoms with van der Waals surface area (Å²) in [7, 11) is 0. The number of fused-ring (bicyclic) bond motifs is 1. The van der Waals surface area contributed by atoms with Crippen LogP contribution in [0.25, 0.3) is 11.0 Å². The van der Waals surface area contributed by atoms with Crippen LogP contribution < -0.4 is 0 Å². The standard InChI is InChI=1S/C14H17N3O2/c18-14(19)11-2-1-7-17(8-11)9-12-4-3-10-5-6-15-13(10)16-12/h3-6,11H,1-2,7-9H2,(H,15,16)(H,18,19). The van der Waals surface area contributed by atoms with Crippen molar-refractivity contribution in [3.8, 4) is 0 Å². The third-order valence-corrected chi connectivity index (χ3v) is 3.71. The smallest absolute Gasteiger partial charge is 0.307 e. The third kappa shape index (κ3) is 2.61. The predicted octanol–water partition coefficient (Wildman–Crippen LogP) is 1.86. The molecule has 100 valence electrons. The molecule has 1 unspecified atom stereocenters. The van der Waals surface area contributed by atoms with E-state index in [0.717, 1.165) is 42.7 Å². The van der Waals surface area contributed by atoms with Crippen LogP contribution in [0.3, 0.4) is 0 Å². The number of hydrogen-bond acceptors (Lipinski definition) is 3. The minimum atomic E-state index is -0.683. The number of nitrogens with one attached hydrogen (secondary N) is 1. The van der Waals surface area contributed by atoms with Crippen molar-refractivity contribution in [1.82, 2.24) is 14.9 Å². The summed E-state index contributed by atoms with van der Waals surface area (Å²) in [5.74, 6) is -0.916. The van der Waals surface area contributed by atoms with Crippen LogP contribution in [-0.4, -0.2) is 39.0 Å². The van der Waals surface area contributed by atoms with Crippen LogP contribution in [0.5, 0.6) is 0 Å². The monoisotopic (exact) mass is 259 g/mol. The fourth-order valence-corrected chi connectivity index (χ4v) is 2.69. The van der Waals surface area contributed by atoms with E-state index in [2.05, 4.69) is 14.9 Å². The van der Waals surface area contributed by atoms with Gasteiger partial charge in [-0.25, -0.2) is 4.98 Å². The lowest BCUT2D eigenvalue weighted by Crippen LogP contribution is -2.38. The third-order valence-electron chi connectivity index (χ3n) is 3.71. The van der Waals surface area contributed by atoms with Gasteiger partial charge in [0.15, 0.2) is 0 Å². The number of hydrogen-bond donors (Lipinski definition) is 2. The van der Waals surface area contributed by atoms with E-state index in [-0.39, 0.29) is 5.92 Å². The molecule has 0 spiro atoms. The maximum absolute atomic E-state index is 11.0. The number of carboxylic acids is 1. The van der Waals surface area contributed by atoms with E-state index in [1.54, 1.807) is 0 Å². The summed E-state index contributed by atoms with van der Waals surface area (Å²) in [6, 6.07) is 6.06. The molecule has 0 aromatic carbocycles. The summed E-state index contributed by atoms with van der Waals surface area (Å²) in [4.78, 5) is 20.9. The van der Waals surface area contributed by atoms with Gasteiger partial charge < -0.3 is 10.1 Å². The highest BCUT2D eigenvalue weighted by atomic mass is 16.4. The van der Waals surface area contributed by atoms with Crippen molar-refractivity contribution in [2.45, 2.75) is 19.4 Å². The molecule has 1 atom stereocenters. The van der Waals surface area contributed by atoms with E-state index in [9.17, 15) is 4.79 Å². The number of pyridine rings is 1. The summed E-state index contributed by atoms with van der Waals surface area (Å²) in [5, 5.41) is 10.2. The first-order valence-electron chi connectivity index (χ1n) is 6.60. The van der Waals surface area contributed by atoms with Crippen molar-refractivity contribution in [2.75, 3.05) is 13.1 Å². The molecule has 3 heterocycles. The quantitative estimate of drug-likeness (QED) is 0.882. The first kappa shape index (κ1) is 12.2. The highest BCUT2D eigenvalue weighted by Gasteiger charge is 2.25. The number of aromatic nitrogens is 2. The number of carbonyl (C=O) groups is 1. The molecule has 1 aliphatic rings. The van der Waals surface area contributed by atoms with Crippen molar-refractivity contribution in [1.29, 1.82) is 0 Å². The molecule has 0 amide bonds. The summed E-state index contributed by atoms with van der Waals surface area (Å²) in [6.45, 7) is 2.30. The van der Waals surface area contributed by atoms with Crippen LogP contribution >= 0.6 is 0 Å². The number of aromatic amines is 1. The number of aliphatic carboxylic acids is 1. The zero-order valence-electron chi connectivity index (χ0n) is 10.7. The van der Waals surface area contributed by atoms with E-state index >= 15 is 0 Å². The first-order chi connectivity index (χ1) is 9.22. The van der Waals surface area contributed by atoms with Gasteiger partial charge in [-0.1, -0.05) is 0 Å². The summed E-state index contributed by atoms with van der Waals surface area (Å²) in [5.41, 5.74) is 1.88. The van der Waals surface area contributed by atoms with Gasteiger partial charge in [-0.05, 0) is 37.6 Å². The average molecular weight is 259 g/mol. The molecule has 2 aromatic rings. The van der Waals surface area contributed by atoms with Gasteiger partial charge in [0.1, 0.15) is 5.65 Å². The molecular formula is C14H17N3O2. The molecule has 0 aliphatic carbocycles. The zero-order chi connectivity index (χ0) is 13.2. The second-order valence-electron chi connectivity index (χ2n) is 5.13. The number of H-pyrrole nitrogens is 1. The Morgan fingerprint density at radius 1 is 1.47 bits per heavy atom. The summed E-state index contributed by atoms with van der Waals surface area (Å²) in [6.07, 6.45) is 3.61. The lowest BCUT2D eigenvalue weighted by Gasteiger charge is -2.30. The zero-order valence-corrected chi connectivity index (χ0v) is 10.7. The van der Waals surface area contributed by atoms with Crippen LogP contribution in [0, 0.1) is 5.92 Å². The average Bonchev–Trinajstić information content (AvgIpc) is 2.86. The Hall–Kier alpha value is -1.88. The largest absolute Gasteiger partial charge is 0.481 e. The Balaban J connectivity index is 1.71. The molecular weight excluding hydrogens is 242 g/mol. The summed E-state index contributed by atoms with van der Waals surface area (Å²) < 4.78 is 0. The van der Waals surface area contributed by atoms with Crippen molar-refractivity contribution in [3.05, 3.63) is 30.1 Å². The first-order valence-corrected chi connectivity index (χ1v) is 6.60. The Morgan fingerprint density at radius 2 is 2.37 bits per heavy atom. The minimum absolute atomic E-state index is 0.233. The number of carboxylic acid groups (broad SMARTS) is 1. The molecule has 2 aromatic heterocycles. The van der Waals surface area contributed by atoms with Crippen molar-refractivity contribution in [3.63, 3.8) is 0 Å². The van der Waals surface area contributed by atoms with Crippen LogP contribution in [0.15, 0.2) is 24.4 Å². The maximum atomic E-state index is 11.0. The maximum Gasteiger partial charge on any atom is 0.307 e. The van der Waals surface area contributed by atoms with Crippen molar-refractivity contribution in [2.24, 2.45) is 5.92 Å². The molecule has 5 nitrogen and oxygen atoms in total. The summed E-state index contributed by atoms with van der Waals surface area (Å²) >= 11 is 0. The predicted molar refractivity (Wildman–Crippen MR) is 71.7 cm³/mol. The lowest BCUT2D eigenvalue weighted by molar-refractivity contribution is -0.143. The molecule has 0 radical (unpaired) electrons. The van der Waals surface area contributed by atoms with E-state index in [0.29, 0.717) is 6.54 Å². The molecule has 1 fully saturated rings. The molecule has 1 aliphatic heterocycles. The van der Waals surface area contributed by atoms with E-state index in [1.807, 2.05) is 24.4 Å². The van der Waals surface area contributed by atoms with Crippen LogP contribution in [0.4, 0.5) is 0 Å². The Bertz CT molecular complexity index is 593. The molecule has 0 saturated carbocycles. The number of nitrogens with zero attached hydrogens (tertiary/aromatic N) is 2. The van der Waals surface area contributed by atoms with Gasteiger partial charge in [-0.3, -0.25) is 9.69 Å². The number of likely N-dealkylation sites (tertiary alicyclic amines) is 1. The Kier molecular flexibility index (Phi) is 3.21. The SMILES string of the molecule is O=C(O)C1CCCN(Cc2ccc3cc[nH]c3n2)C1. The molecule has 5 heteroatoms. The Labute approximate surface area is 111 Å². The van der Waals surface area contributed by atoms with E-state index in [4.69, 9.17) is 5.11 Å². The van der Waals surface area contributed by atoms with Gasteiger partial charge in [0.2, 0.25) is 0 Å². The number of piperidine rings is 1. The lowest BCUT2D eigenvalue weighted by atomic mass is 9.98. The fourth-order valence-electron chi connectivity index (χ4n) is 2.69. The highest BCUT2D eigenvalue weighted by Crippen LogP contribution is 2.19. The topological polar surface area (TPSA) is 69.2 Å². The van der Waals surface area contributed by atoms with Crippen LogP contribution in [0.2, 0.25) is 0 Å². The van der Waals surface area contributed by atoms with Gasteiger partial charge in [0, 0.05) is 24.7 Å². The van der Waals surface area contributed by atoms with Gasteiger partial charge in [-0.2, -0.15) is 0 Å². The van der Waals surface area contributed by atoms with Crippen molar-refractivity contribution >= 4 is 17.0 Å². The van der Waals surface area contributed by atoms with Gasteiger partial charge in [0.25, 0.3) is 0 Å². The minimum Gasteiger partial charge on any atom is -0.481 e. The van der Waals surface area contributed by atoms with Gasteiger partial charge in [0.05, 0.1) is 11.6 Å². The van der Waals surface area contributed by atoms with E-state index in [1.165, 1.54) is 0 Å². The molecule has 3 rings (SSSR count). The molecule has 19 heavy (non-hydrogen) atoms. The van der Waals surface area contributed by atoms with Gasteiger partial charge in [-0.15, -0.1) is 0 Å². The molecule has 1 saturated heterocycles. The second kappa shape index (κ2) is 5.01. The highest BCUT2D eigenvalue weighted by molar-refractivity contribution is 5.75. The van der Waals surface area contributed by atoms with Crippen LogP contribution in [-0.2, 0) is 11.3 Å². The fraction of sp³-hybridized carbons (Fsp3) is 0.429. The van der Waals surface area contributed by atoms with E-state index < -0.39 is 5.97 Å². The number of rotatable bonds is 3. The molecule has 0 bridgehead atoms. The Morgan fingerprint density at radius 3 is 3.21 bits per heavy atom. The normalized spacial score (nSPS) is 20.7. The van der Waals surface area contributed by atoms with Crippen molar-refractivity contribution < 1.29 is 9.90 Å². The van der Waals surface area contributed by atoms with Crippen LogP contribution in [0.1, 0.15) is 18.5 Å².